The first-order valence-corrected chi connectivity index (χ1v) is 9.81. The number of hydrogen-bond donors (Lipinski definition) is 2. The van der Waals surface area contributed by atoms with Crippen LogP contribution in [-0.4, -0.2) is 31.5 Å². The zero-order valence-corrected chi connectivity index (χ0v) is 17.4. The zero-order valence-electron chi connectivity index (χ0n) is 16.6. The molecule has 1 amide bonds. The third-order valence-electron chi connectivity index (χ3n) is 4.24. The molecule has 0 unspecified atom stereocenters. The van der Waals surface area contributed by atoms with Crippen LogP contribution in [0.4, 0.5) is 11.4 Å². The van der Waals surface area contributed by atoms with Crippen LogP contribution in [0, 0.1) is 21.4 Å². The van der Waals surface area contributed by atoms with E-state index < -0.39 is 16.8 Å². The third-order valence-corrected chi connectivity index (χ3v) is 5.38. The normalized spacial score (nSPS) is 10.9. The summed E-state index contributed by atoms with van der Waals surface area (Å²) in [6.07, 6.45) is 4.48. The van der Waals surface area contributed by atoms with Crippen LogP contribution in [0.2, 0.25) is 0 Å². The fourth-order valence-electron chi connectivity index (χ4n) is 2.69. The Morgan fingerprint density at radius 1 is 1.31 bits per heavy atom. The second-order valence-corrected chi connectivity index (χ2v) is 7.39. The minimum atomic E-state index is -1.24. The summed E-state index contributed by atoms with van der Waals surface area (Å²) in [5.41, 5.74) is -0.396. The van der Waals surface area contributed by atoms with Gasteiger partial charge in [-0.2, -0.15) is 5.26 Å². The van der Waals surface area contributed by atoms with E-state index in [1.54, 1.807) is 36.1 Å². The van der Waals surface area contributed by atoms with Crippen LogP contribution in [0.5, 0.6) is 0 Å². The molecular formula is C21H15N5O5S. The molecule has 0 radical (unpaired) electrons. The maximum absolute atomic E-state index is 12.5. The van der Waals surface area contributed by atoms with Gasteiger partial charge >= 0.3 is 5.97 Å². The molecule has 0 fully saturated rings. The van der Waals surface area contributed by atoms with Crippen molar-refractivity contribution in [1.82, 2.24) is 9.55 Å². The van der Waals surface area contributed by atoms with Crippen molar-refractivity contribution in [2.24, 2.45) is 7.05 Å². The number of imidazole rings is 1. The van der Waals surface area contributed by atoms with Gasteiger partial charge < -0.3 is 15.0 Å². The van der Waals surface area contributed by atoms with Gasteiger partial charge in [0, 0.05) is 25.5 Å². The molecule has 3 aromatic rings. The highest BCUT2D eigenvalue weighted by atomic mass is 32.2. The van der Waals surface area contributed by atoms with Crippen molar-refractivity contribution in [1.29, 1.82) is 5.26 Å². The molecule has 160 valence electrons. The molecular weight excluding hydrogens is 434 g/mol. The number of aromatic carboxylic acids is 1. The van der Waals surface area contributed by atoms with Gasteiger partial charge in [0.05, 0.1) is 21.1 Å². The number of hydrogen-bond acceptors (Lipinski definition) is 7. The highest BCUT2D eigenvalue weighted by Crippen LogP contribution is 2.34. The van der Waals surface area contributed by atoms with Crippen molar-refractivity contribution in [3.05, 3.63) is 81.7 Å². The zero-order chi connectivity index (χ0) is 23.3. The van der Waals surface area contributed by atoms with E-state index in [-0.39, 0.29) is 28.1 Å². The largest absolute Gasteiger partial charge is 0.478 e. The number of anilines is 1. The van der Waals surface area contributed by atoms with E-state index in [0.717, 1.165) is 11.8 Å². The molecule has 3 rings (SSSR count). The molecule has 2 aromatic carbocycles. The van der Waals surface area contributed by atoms with Gasteiger partial charge in [0.1, 0.15) is 11.6 Å². The summed E-state index contributed by atoms with van der Waals surface area (Å²) in [4.78, 5) is 39.3. The number of aromatic nitrogens is 2. The predicted octanol–water partition coefficient (Wildman–Crippen LogP) is 3.72. The molecule has 0 saturated carbocycles. The number of para-hydroxylation sites is 1. The molecule has 0 aliphatic rings. The number of nitro benzene ring substituents is 1. The average molecular weight is 449 g/mol. The van der Waals surface area contributed by atoms with Gasteiger partial charge in [0.2, 0.25) is 0 Å². The highest BCUT2D eigenvalue weighted by Gasteiger charge is 2.19. The van der Waals surface area contributed by atoms with Crippen molar-refractivity contribution in [2.45, 2.75) is 10.1 Å². The lowest BCUT2D eigenvalue weighted by Gasteiger charge is -2.08. The van der Waals surface area contributed by atoms with Crippen LogP contribution < -0.4 is 5.32 Å². The minimum absolute atomic E-state index is 0.0268. The molecule has 11 heteroatoms. The van der Waals surface area contributed by atoms with E-state index in [1.807, 2.05) is 0 Å². The average Bonchev–Trinajstić information content (AvgIpc) is 3.17. The fourth-order valence-corrected chi connectivity index (χ4v) is 3.57. The van der Waals surface area contributed by atoms with Crippen LogP contribution in [0.1, 0.15) is 15.9 Å². The SMILES string of the molecule is Cn1ccnc1Sc1ccc(C=C(C#N)C(=O)Nc2ccccc2C(=O)O)cc1[N+](=O)[O-]. The topological polar surface area (TPSA) is 151 Å². The van der Waals surface area contributed by atoms with E-state index in [0.29, 0.717) is 10.1 Å². The number of carbonyl (C=O) groups is 2. The first-order valence-electron chi connectivity index (χ1n) is 8.99. The number of nitriles is 1. The van der Waals surface area contributed by atoms with Crippen LogP contribution in [-0.2, 0) is 11.8 Å². The number of amides is 1. The number of nitrogens with one attached hydrogen (secondary N) is 1. The standard InChI is InChI=1S/C21H15N5O5S/c1-25-9-8-23-21(25)32-18-7-6-13(11-17(18)26(30)31)10-14(12-22)19(27)24-16-5-3-2-4-15(16)20(28)29/h2-11H,1H3,(H,24,27)(H,28,29). The maximum atomic E-state index is 12.5. The quantitative estimate of drug-likeness (QED) is 0.240. The highest BCUT2D eigenvalue weighted by molar-refractivity contribution is 7.99. The third kappa shape index (κ3) is 5.00. The lowest BCUT2D eigenvalue weighted by atomic mass is 10.1. The van der Waals surface area contributed by atoms with Crippen LogP contribution >= 0.6 is 11.8 Å². The minimum Gasteiger partial charge on any atom is -0.478 e. The number of carboxylic acids is 1. The predicted molar refractivity (Wildman–Crippen MR) is 116 cm³/mol. The van der Waals surface area contributed by atoms with Gasteiger partial charge in [-0.3, -0.25) is 14.9 Å². The smallest absolute Gasteiger partial charge is 0.337 e. The van der Waals surface area contributed by atoms with Gasteiger partial charge in [0.25, 0.3) is 11.6 Å². The Bertz CT molecular complexity index is 1290. The summed E-state index contributed by atoms with van der Waals surface area (Å²) in [6.45, 7) is 0. The summed E-state index contributed by atoms with van der Waals surface area (Å²) in [5, 5.41) is 33.1. The Morgan fingerprint density at radius 2 is 2.06 bits per heavy atom. The lowest BCUT2D eigenvalue weighted by molar-refractivity contribution is -0.387. The van der Waals surface area contributed by atoms with Crippen LogP contribution in [0.25, 0.3) is 6.08 Å². The number of rotatable bonds is 7. The van der Waals surface area contributed by atoms with E-state index >= 15 is 0 Å². The molecule has 1 aromatic heterocycles. The monoisotopic (exact) mass is 449 g/mol. The van der Waals surface area contributed by atoms with E-state index in [4.69, 9.17) is 0 Å². The molecule has 1 heterocycles. The van der Waals surface area contributed by atoms with E-state index in [2.05, 4.69) is 10.3 Å². The summed E-state index contributed by atoms with van der Waals surface area (Å²) >= 11 is 1.11. The second-order valence-electron chi connectivity index (χ2n) is 6.38. The van der Waals surface area contributed by atoms with Gasteiger partial charge in [-0.1, -0.05) is 18.2 Å². The molecule has 0 saturated heterocycles. The summed E-state index contributed by atoms with van der Waals surface area (Å²) in [5.74, 6) is -2.07. The van der Waals surface area contributed by atoms with Crippen molar-refractivity contribution < 1.29 is 19.6 Å². The van der Waals surface area contributed by atoms with Crippen LogP contribution in [0.3, 0.4) is 0 Å². The second kappa shape index (κ2) is 9.59. The summed E-state index contributed by atoms with van der Waals surface area (Å²) in [7, 11) is 1.76. The Labute approximate surface area is 186 Å². The number of carbonyl (C=O) groups excluding carboxylic acids is 1. The molecule has 0 aliphatic heterocycles. The van der Waals surface area contributed by atoms with Gasteiger partial charge in [-0.15, -0.1) is 0 Å². The molecule has 2 N–H and O–H groups in total. The van der Waals surface area contributed by atoms with Gasteiger partial charge in [-0.05, 0) is 41.6 Å². The number of aryl methyl sites for hydroxylation is 1. The van der Waals surface area contributed by atoms with Crippen LogP contribution in [0.15, 0.2) is 70.5 Å². The van der Waals surface area contributed by atoms with Crippen molar-refractivity contribution in [2.75, 3.05) is 5.32 Å². The molecule has 0 atom stereocenters. The number of nitro groups is 1. The fraction of sp³-hybridized carbons (Fsp3) is 0.0476. The Hall–Kier alpha value is -4.43. The first kappa shape index (κ1) is 22.3. The van der Waals surface area contributed by atoms with Crippen molar-refractivity contribution >= 4 is 41.1 Å². The summed E-state index contributed by atoms with van der Waals surface area (Å²) < 4.78 is 1.72. The van der Waals surface area contributed by atoms with E-state index in [1.165, 1.54) is 42.5 Å². The summed E-state index contributed by atoms with van der Waals surface area (Å²) in [6, 6.07) is 11.8. The molecule has 0 bridgehead atoms. The van der Waals surface area contributed by atoms with Gasteiger partial charge in [0.15, 0.2) is 5.16 Å². The van der Waals surface area contributed by atoms with Crippen molar-refractivity contribution in [3.8, 4) is 6.07 Å². The van der Waals surface area contributed by atoms with E-state index in [9.17, 15) is 30.1 Å². The van der Waals surface area contributed by atoms with Gasteiger partial charge in [-0.25, -0.2) is 9.78 Å². The Morgan fingerprint density at radius 3 is 2.69 bits per heavy atom. The lowest BCUT2D eigenvalue weighted by Crippen LogP contribution is -2.16. The molecule has 0 aliphatic carbocycles. The number of benzene rings is 2. The maximum Gasteiger partial charge on any atom is 0.337 e. The van der Waals surface area contributed by atoms with Crippen molar-refractivity contribution in [3.63, 3.8) is 0 Å². The first-order chi connectivity index (χ1) is 15.3. The Balaban J connectivity index is 1.90. The molecule has 0 spiro atoms. The molecule has 10 nitrogen and oxygen atoms in total. The Kier molecular flexibility index (Phi) is 6.67. The number of nitrogens with zero attached hydrogens (tertiary/aromatic N) is 4. The number of carboxylic acid groups (broad SMARTS) is 1. The molecule has 32 heavy (non-hydrogen) atoms.